The highest BCUT2D eigenvalue weighted by atomic mass is 16.5. The van der Waals surface area contributed by atoms with Gasteiger partial charge in [-0.2, -0.15) is 0 Å². The van der Waals surface area contributed by atoms with Crippen LogP contribution in [-0.2, 0) is 0 Å². The van der Waals surface area contributed by atoms with Gasteiger partial charge in [0.15, 0.2) is 0 Å². The third-order valence-electron chi connectivity index (χ3n) is 4.42. The molecule has 3 rings (SSSR count). The van der Waals surface area contributed by atoms with E-state index >= 15 is 0 Å². The SMILES string of the molecule is c1ccc(OCCCN2C3CCCC2CC3)cc1. The van der Waals surface area contributed by atoms with Crippen LogP contribution in [-0.4, -0.2) is 30.1 Å². The van der Waals surface area contributed by atoms with Gasteiger partial charge in [-0.25, -0.2) is 0 Å². The van der Waals surface area contributed by atoms with Gasteiger partial charge in [0, 0.05) is 18.6 Å². The molecule has 2 aliphatic rings. The Morgan fingerprint density at radius 1 is 1.00 bits per heavy atom. The Bertz CT molecular complexity index is 349. The molecule has 0 aliphatic carbocycles. The molecule has 2 heterocycles. The minimum Gasteiger partial charge on any atom is -0.494 e. The van der Waals surface area contributed by atoms with E-state index in [1.807, 2.05) is 30.3 Å². The van der Waals surface area contributed by atoms with E-state index in [4.69, 9.17) is 4.74 Å². The van der Waals surface area contributed by atoms with Crippen LogP contribution in [0.2, 0.25) is 0 Å². The number of para-hydroxylation sites is 1. The number of ether oxygens (including phenoxy) is 1. The molecule has 0 aromatic heterocycles. The smallest absolute Gasteiger partial charge is 0.119 e. The number of rotatable bonds is 5. The van der Waals surface area contributed by atoms with Crippen molar-refractivity contribution in [3.8, 4) is 5.75 Å². The number of hydrogen-bond donors (Lipinski definition) is 0. The second kappa shape index (κ2) is 5.75. The quantitative estimate of drug-likeness (QED) is 0.736. The first-order valence-electron chi connectivity index (χ1n) is 7.37. The van der Waals surface area contributed by atoms with E-state index in [1.165, 1.54) is 38.6 Å². The molecule has 1 aromatic rings. The largest absolute Gasteiger partial charge is 0.494 e. The van der Waals surface area contributed by atoms with Crippen molar-refractivity contribution in [1.29, 1.82) is 0 Å². The molecule has 2 saturated heterocycles. The van der Waals surface area contributed by atoms with Crippen molar-refractivity contribution in [3.05, 3.63) is 30.3 Å². The van der Waals surface area contributed by atoms with Crippen molar-refractivity contribution in [2.75, 3.05) is 13.2 Å². The maximum atomic E-state index is 5.76. The summed E-state index contributed by atoms with van der Waals surface area (Å²) in [5, 5.41) is 0. The molecule has 0 N–H and O–H groups in total. The van der Waals surface area contributed by atoms with E-state index in [-0.39, 0.29) is 0 Å². The van der Waals surface area contributed by atoms with Crippen molar-refractivity contribution in [2.45, 2.75) is 50.6 Å². The zero-order chi connectivity index (χ0) is 12.2. The van der Waals surface area contributed by atoms with Gasteiger partial charge in [-0.3, -0.25) is 4.90 Å². The van der Waals surface area contributed by atoms with E-state index in [9.17, 15) is 0 Å². The highest BCUT2D eigenvalue weighted by Gasteiger charge is 2.35. The number of piperidine rings is 1. The third kappa shape index (κ3) is 2.69. The molecule has 98 valence electrons. The molecule has 0 amide bonds. The topological polar surface area (TPSA) is 12.5 Å². The fraction of sp³-hybridized carbons (Fsp3) is 0.625. The van der Waals surface area contributed by atoms with E-state index in [0.717, 1.165) is 30.9 Å². The summed E-state index contributed by atoms with van der Waals surface area (Å²) in [5.74, 6) is 0.999. The first-order chi connectivity index (χ1) is 8.93. The molecule has 2 atom stereocenters. The van der Waals surface area contributed by atoms with Gasteiger partial charge in [0.2, 0.25) is 0 Å². The molecule has 2 unspecified atom stereocenters. The third-order valence-corrected chi connectivity index (χ3v) is 4.42. The van der Waals surface area contributed by atoms with Gasteiger partial charge in [-0.05, 0) is 44.2 Å². The Morgan fingerprint density at radius 3 is 2.44 bits per heavy atom. The van der Waals surface area contributed by atoms with E-state index in [0.29, 0.717) is 0 Å². The normalized spacial score (nSPS) is 27.3. The molecule has 2 fully saturated rings. The lowest BCUT2D eigenvalue weighted by Crippen LogP contribution is -2.40. The Hall–Kier alpha value is -1.02. The van der Waals surface area contributed by atoms with Crippen LogP contribution in [0.15, 0.2) is 30.3 Å². The first-order valence-corrected chi connectivity index (χ1v) is 7.37. The van der Waals surface area contributed by atoms with Crippen LogP contribution < -0.4 is 4.74 Å². The molecule has 2 bridgehead atoms. The van der Waals surface area contributed by atoms with E-state index < -0.39 is 0 Å². The van der Waals surface area contributed by atoms with Crippen LogP contribution in [0, 0.1) is 0 Å². The summed E-state index contributed by atoms with van der Waals surface area (Å²) in [5.41, 5.74) is 0. The molecular weight excluding hydrogens is 222 g/mol. The zero-order valence-electron chi connectivity index (χ0n) is 11.1. The van der Waals surface area contributed by atoms with Crippen molar-refractivity contribution in [2.24, 2.45) is 0 Å². The van der Waals surface area contributed by atoms with Gasteiger partial charge in [-0.15, -0.1) is 0 Å². The summed E-state index contributed by atoms with van der Waals surface area (Å²) in [6.45, 7) is 2.07. The monoisotopic (exact) mass is 245 g/mol. The Balaban J connectivity index is 1.40. The van der Waals surface area contributed by atoms with Crippen LogP contribution >= 0.6 is 0 Å². The van der Waals surface area contributed by atoms with Crippen molar-refractivity contribution >= 4 is 0 Å². The zero-order valence-corrected chi connectivity index (χ0v) is 11.1. The van der Waals surface area contributed by atoms with Gasteiger partial charge in [-0.1, -0.05) is 24.6 Å². The number of hydrogen-bond acceptors (Lipinski definition) is 2. The number of nitrogens with zero attached hydrogens (tertiary/aromatic N) is 1. The molecule has 2 heteroatoms. The van der Waals surface area contributed by atoms with Crippen LogP contribution in [0.5, 0.6) is 5.75 Å². The second-order valence-electron chi connectivity index (χ2n) is 5.57. The molecule has 2 nitrogen and oxygen atoms in total. The molecule has 18 heavy (non-hydrogen) atoms. The van der Waals surface area contributed by atoms with Crippen molar-refractivity contribution < 1.29 is 4.74 Å². The van der Waals surface area contributed by atoms with Crippen LogP contribution in [0.4, 0.5) is 0 Å². The molecular formula is C16H23NO. The number of benzene rings is 1. The van der Waals surface area contributed by atoms with Crippen LogP contribution in [0.3, 0.4) is 0 Å². The molecule has 2 aliphatic heterocycles. The predicted molar refractivity (Wildman–Crippen MR) is 73.9 cm³/mol. The lowest BCUT2D eigenvalue weighted by atomic mass is 10.0. The summed E-state index contributed by atoms with van der Waals surface area (Å²) in [6, 6.07) is 11.9. The van der Waals surface area contributed by atoms with Gasteiger partial charge >= 0.3 is 0 Å². The predicted octanol–water partition coefficient (Wildman–Crippen LogP) is 3.47. The average Bonchev–Trinajstić information content (AvgIpc) is 2.64. The van der Waals surface area contributed by atoms with Gasteiger partial charge in [0.25, 0.3) is 0 Å². The maximum absolute atomic E-state index is 5.76. The summed E-state index contributed by atoms with van der Waals surface area (Å²) < 4.78 is 5.76. The molecule has 0 radical (unpaired) electrons. The van der Waals surface area contributed by atoms with Crippen molar-refractivity contribution in [1.82, 2.24) is 4.90 Å². The Kier molecular flexibility index (Phi) is 3.84. The fourth-order valence-corrected chi connectivity index (χ4v) is 3.54. The van der Waals surface area contributed by atoms with E-state index in [1.54, 1.807) is 0 Å². The van der Waals surface area contributed by atoms with Gasteiger partial charge < -0.3 is 4.74 Å². The minimum absolute atomic E-state index is 0.847. The molecule has 0 spiro atoms. The highest BCUT2D eigenvalue weighted by Crippen LogP contribution is 2.35. The average molecular weight is 245 g/mol. The van der Waals surface area contributed by atoms with Crippen molar-refractivity contribution in [3.63, 3.8) is 0 Å². The maximum Gasteiger partial charge on any atom is 0.119 e. The summed E-state index contributed by atoms with van der Waals surface area (Å²) in [7, 11) is 0. The lowest BCUT2D eigenvalue weighted by Gasteiger charge is -2.34. The lowest BCUT2D eigenvalue weighted by molar-refractivity contribution is 0.130. The van der Waals surface area contributed by atoms with Gasteiger partial charge in [0.05, 0.1) is 6.61 Å². The molecule has 1 aromatic carbocycles. The summed E-state index contributed by atoms with van der Waals surface area (Å²) in [4.78, 5) is 2.75. The second-order valence-corrected chi connectivity index (χ2v) is 5.57. The standard InChI is InChI=1S/C16H23NO/c1-2-8-16(9-3-1)18-13-5-12-17-14-6-4-7-15(17)11-10-14/h1-3,8-9,14-15H,4-7,10-13H2. The van der Waals surface area contributed by atoms with Gasteiger partial charge in [0.1, 0.15) is 5.75 Å². The highest BCUT2D eigenvalue weighted by molar-refractivity contribution is 5.20. The minimum atomic E-state index is 0.847. The summed E-state index contributed by atoms with van der Waals surface area (Å²) in [6.07, 6.45) is 8.33. The Morgan fingerprint density at radius 2 is 1.72 bits per heavy atom. The first kappa shape index (κ1) is 12.0. The fourth-order valence-electron chi connectivity index (χ4n) is 3.54. The van der Waals surface area contributed by atoms with Crippen LogP contribution in [0.1, 0.15) is 38.5 Å². The molecule has 0 saturated carbocycles. The number of fused-ring (bicyclic) bond motifs is 2. The van der Waals surface area contributed by atoms with Crippen LogP contribution in [0.25, 0.3) is 0 Å². The van der Waals surface area contributed by atoms with E-state index in [2.05, 4.69) is 4.90 Å². The summed E-state index contributed by atoms with van der Waals surface area (Å²) >= 11 is 0. The Labute approximate surface area is 110 Å².